The van der Waals surface area contributed by atoms with Crippen LogP contribution in [0.15, 0.2) is 48.6 Å². The molecule has 1 heteroatoms. The van der Waals surface area contributed by atoms with Crippen LogP contribution in [0.25, 0.3) is 0 Å². The van der Waals surface area contributed by atoms with Crippen LogP contribution in [0.3, 0.4) is 0 Å². The van der Waals surface area contributed by atoms with Crippen LogP contribution in [-0.4, -0.2) is 0 Å². The third-order valence-electron chi connectivity index (χ3n) is 3.10. The zero-order chi connectivity index (χ0) is 12.2. The molecule has 2 saturated carbocycles. The minimum Gasteiger partial charge on any atom is -0.358 e. The van der Waals surface area contributed by atoms with E-state index in [-0.39, 0.29) is 36.6 Å². The minimum atomic E-state index is 0. The van der Waals surface area contributed by atoms with Gasteiger partial charge >= 0.3 is 21.7 Å². The fraction of sp³-hybridized carbons (Fsp3) is 0. The van der Waals surface area contributed by atoms with Crippen LogP contribution in [0.4, 0.5) is 0 Å². The quantitative estimate of drug-likeness (QED) is 0.450. The molecule has 102 valence electrons. The summed E-state index contributed by atoms with van der Waals surface area (Å²) in [6.45, 7) is 0. The van der Waals surface area contributed by atoms with Gasteiger partial charge in [0.2, 0.25) is 0 Å². The monoisotopic (exact) mass is 308 g/mol. The van der Waals surface area contributed by atoms with E-state index >= 15 is 0 Å². The number of hydrogen-bond donors (Lipinski definition) is 0. The number of allylic oxidation sites excluding steroid dienone is 8. The van der Waals surface area contributed by atoms with E-state index < -0.39 is 0 Å². The van der Waals surface area contributed by atoms with Crippen molar-refractivity contribution < 1.29 is 21.7 Å². The van der Waals surface area contributed by atoms with Gasteiger partial charge < -0.3 is 14.9 Å². The van der Waals surface area contributed by atoms with E-state index in [1.165, 1.54) is 23.7 Å². The Morgan fingerprint density at radius 2 is 0.667 bits per heavy atom. The predicted octanol–water partition coefficient (Wildman–Crippen LogP) is 4.67. The van der Waals surface area contributed by atoms with Crippen molar-refractivity contribution in [3.05, 3.63) is 126 Å². The molecule has 21 heavy (non-hydrogen) atoms. The molecule has 0 aliphatic heterocycles. The van der Waals surface area contributed by atoms with E-state index in [0.717, 1.165) is 0 Å². The van der Waals surface area contributed by atoms with Crippen molar-refractivity contribution in [1.29, 1.82) is 0 Å². The second-order valence-electron chi connectivity index (χ2n) is 4.31. The maximum atomic E-state index is 2.12. The van der Waals surface area contributed by atoms with Crippen LogP contribution >= 0.6 is 0 Å². The van der Waals surface area contributed by atoms with Gasteiger partial charge in [0.05, 0.1) is 0 Å². The van der Waals surface area contributed by atoms with Gasteiger partial charge in [0.1, 0.15) is 0 Å². The van der Waals surface area contributed by atoms with E-state index in [1.54, 1.807) is 0 Å². The molecule has 0 aromatic rings. The third kappa shape index (κ3) is 5.42. The Morgan fingerprint density at radius 1 is 0.429 bits per heavy atom. The summed E-state index contributed by atoms with van der Waals surface area (Å²) in [6.07, 6.45) is 29.3. The summed E-state index contributed by atoms with van der Waals surface area (Å²) >= 11 is 0. The van der Waals surface area contributed by atoms with Crippen LogP contribution in [0.1, 0.15) is 0 Å². The third-order valence-corrected chi connectivity index (χ3v) is 3.10. The molecule has 4 aliphatic rings. The van der Waals surface area contributed by atoms with Gasteiger partial charge in [-0.25, -0.2) is 0 Å². The molecular formula is C20H20Ti+2. The SMILES string of the molecule is [CH3-].[CH3-].[CH]1[CH][C]2C=CC=C[C]2[CH]1.[CH]1[CH][C]2C=CC=C[C]2[CH]1.[Ti+4]. The number of hydrogen-bond acceptors (Lipinski definition) is 0. The normalized spacial score (nSPS) is 23.2. The minimum absolute atomic E-state index is 0. The van der Waals surface area contributed by atoms with E-state index in [0.29, 0.717) is 0 Å². The first-order chi connectivity index (χ1) is 8.93. The van der Waals surface area contributed by atoms with Crippen molar-refractivity contribution in [3.63, 3.8) is 0 Å². The second kappa shape index (κ2) is 10.4. The van der Waals surface area contributed by atoms with Gasteiger partial charge in [0.15, 0.2) is 0 Å². The molecule has 0 N–H and O–H groups in total. The van der Waals surface area contributed by atoms with Crippen molar-refractivity contribution in [2.75, 3.05) is 0 Å². The molecule has 0 atom stereocenters. The number of rotatable bonds is 0. The molecule has 0 bridgehead atoms. The standard InChI is InChI=1S/2C9H7.2CH3.Ti/c2*1-2-5-9-7-3-6-8(9)4-1;;;/h2*1-7H;2*1H3;/q;;2*-1;+4. The van der Waals surface area contributed by atoms with E-state index in [9.17, 15) is 0 Å². The van der Waals surface area contributed by atoms with Crippen LogP contribution in [-0.2, 0) is 21.7 Å². The first-order valence-corrected chi connectivity index (χ1v) is 6.14. The van der Waals surface area contributed by atoms with Gasteiger partial charge in [-0.15, -0.1) is 0 Å². The maximum Gasteiger partial charge on any atom is 4.00 e. The van der Waals surface area contributed by atoms with Crippen LogP contribution in [0, 0.1) is 77.0 Å². The van der Waals surface area contributed by atoms with Crippen molar-refractivity contribution >= 4 is 0 Å². The van der Waals surface area contributed by atoms with Crippen molar-refractivity contribution in [2.24, 2.45) is 0 Å². The topological polar surface area (TPSA) is 0 Å². The smallest absolute Gasteiger partial charge is 0.358 e. The van der Waals surface area contributed by atoms with Gasteiger partial charge in [0.25, 0.3) is 0 Å². The second-order valence-corrected chi connectivity index (χ2v) is 4.31. The molecule has 0 amide bonds. The average Bonchev–Trinajstić information content (AvgIpc) is 3.08. The van der Waals surface area contributed by atoms with Crippen LogP contribution in [0.5, 0.6) is 0 Å². The maximum absolute atomic E-state index is 2.12. The summed E-state index contributed by atoms with van der Waals surface area (Å²) in [5.41, 5.74) is 0. The molecule has 4 rings (SSSR count). The largest absolute Gasteiger partial charge is 4.00 e. The first kappa shape index (κ1) is 20.7. The van der Waals surface area contributed by atoms with Crippen molar-refractivity contribution in [2.45, 2.75) is 0 Å². The molecule has 0 aromatic heterocycles. The van der Waals surface area contributed by atoms with Crippen LogP contribution < -0.4 is 0 Å². The molecule has 0 heterocycles. The Labute approximate surface area is 147 Å². The summed E-state index contributed by atoms with van der Waals surface area (Å²) in [6, 6.07) is 0. The molecule has 0 aromatic carbocycles. The summed E-state index contributed by atoms with van der Waals surface area (Å²) in [7, 11) is 0. The molecule has 10 radical (unpaired) electrons. The Hall–Kier alpha value is -0.326. The fourth-order valence-corrected chi connectivity index (χ4v) is 2.14. The fourth-order valence-electron chi connectivity index (χ4n) is 2.14. The molecule has 0 spiro atoms. The average molecular weight is 308 g/mol. The van der Waals surface area contributed by atoms with Crippen molar-refractivity contribution in [1.82, 2.24) is 0 Å². The van der Waals surface area contributed by atoms with Gasteiger partial charge in [-0.2, -0.15) is 0 Å². The molecule has 2 fully saturated rings. The predicted molar refractivity (Wildman–Crippen MR) is 88.2 cm³/mol. The summed E-state index contributed by atoms with van der Waals surface area (Å²) < 4.78 is 0. The Bertz CT molecular complexity index is 315. The van der Waals surface area contributed by atoms with Crippen molar-refractivity contribution in [3.8, 4) is 0 Å². The Morgan fingerprint density at radius 3 is 0.905 bits per heavy atom. The van der Waals surface area contributed by atoms with Gasteiger partial charge in [-0.3, -0.25) is 0 Å². The Kier molecular flexibility index (Phi) is 10.2. The summed E-state index contributed by atoms with van der Waals surface area (Å²) in [5, 5.41) is 0. The molecular weight excluding hydrogens is 288 g/mol. The molecule has 4 aliphatic carbocycles. The van der Waals surface area contributed by atoms with E-state index in [2.05, 4.69) is 87.1 Å². The Balaban J connectivity index is 0.000000333. The molecule has 0 nitrogen and oxygen atoms in total. The molecule has 0 saturated heterocycles. The zero-order valence-corrected chi connectivity index (χ0v) is 14.1. The van der Waals surface area contributed by atoms with Crippen LogP contribution in [0.2, 0.25) is 0 Å². The summed E-state index contributed by atoms with van der Waals surface area (Å²) in [5.74, 6) is 5.32. The number of fused-ring (bicyclic) bond motifs is 2. The zero-order valence-electron chi connectivity index (χ0n) is 12.6. The first-order valence-electron chi connectivity index (χ1n) is 6.14. The van der Waals surface area contributed by atoms with E-state index in [4.69, 9.17) is 0 Å². The van der Waals surface area contributed by atoms with Gasteiger partial charge in [-0.05, 0) is 38.5 Å². The van der Waals surface area contributed by atoms with Gasteiger partial charge in [-0.1, -0.05) is 48.6 Å². The van der Waals surface area contributed by atoms with Gasteiger partial charge in [0, 0.05) is 23.7 Å². The summed E-state index contributed by atoms with van der Waals surface area (Å²) in [4.78, 5) is 0. The molecule has 0 unspecified atom stereocenters. The van der Waals surface area contributed by atoms with E-state index in [1.807, 2.05) is 0 Å².